The Labute approximate surface area is 120 Å². The first kappa shape index (κ1) is 16.2. The van der Waals surface area contributed by atoms with E-state index in [1.165, 1.54) is 0 Å². The van der Waals surface area contributed by atoms with Crippen LogP contribution in [0.1, 0.15) is 39.5 Å². The molecule has 0 saturated carbocycles. The fourth-order valence-corrected chi connectivity index (χ4v) is 1.54. The minimum absolute atomic E-state index is 0.199. The van der Waals surface area contributed by atoms with Crippen molar-refractivity contribution in [3.63, 3.8) is 0 Å². The maximum absolute atomic E-state index is 11.5. The molecule has 0 aliphatic heterocycles. The average Bonchev–Trinajstić information content (AvgIpc) is 2.42. The van der Waals surface area contributed by atoms with Gasteiger partial charge >= 0.3 is 11.9 Å². The Morgan fingerprint density at radius 2 is 1.60 bits per heavy atom. The van der Waals surface area contributed by atoms with Gasteiger partial charge in [0.1, 0.15) is 5.75 Å². The minimum atomic E-state index is -0.272. The van der Waals surface area contributed by atoms with Crippen LogP contribution in [0.2, 0.25) is 0 Å². The lowest BCUT2D eigenvalue weighted by Crippen LogP contribution is -2.10. The van der Waals surface area contributed by atoms with E-state index in [-0.39, 0.29) is 11.9 Å². The number of unbranched alkanes of at least 4 members (excludes halogenated alkanes) is 1. The fourth-order valence-electron chi connectivity index (χ4n) is 1.54. The highest BCUT2D eigenvalue weighted by atomic mass is 16.5. The molecule has 0 atom stereocenters. The predicted octanol–water partition coefficient (Wildman–Crippen LogP) is 3.35. The standard InChI is InChI=1S/C16H22O4/c1-13(2)12-19-15(17)10-6-7-11-16(18)20-14-8-4-3-5-9-14/h3-5,8-9,13H,6-7,10-12H2,1-2H3. The van der Waals surface area contributed by atoms with Crippen molar-refractivity contribution in [1.82, 2.24) is 0 Å². The smallest absolute Gasteiger partial charge is 0.311 e. The number of rotatable bonds is 8. The molecule has 0 N–H and O–H groups in total. The van der Waals surface area contributed by atoms with Gasteiger partial charge in [-0.1, -0.05) is 32.0 Å². The van der Waals surface area contributed by atoms with Crippen molar-refractivity contribution in [3.8, 4) is 5.75 Å². The van der Waals surface area contributed by atoms with E-state index in [0.717, 1.165) is 0 Å². The molecule has 20 heavy (non-hydrogen) atoms. The highest BCUT2D eigenvalue weighted by Crippen LogP contribution is 2.11. The highest BCUT2D eigenvalue weighted by molar-refractivity contribution is 5.72. The summed E-state index contributed by atoms with van der Waals surface area (Å²) in [7, 11) is 0. The lowest BCUT2D eigenvalue weighted by molar-refractivity contribution is -0.145. The molecule has 0 radical (unpaired) electrons. The first-order valence-electron chi connectivity index (χ1n) is 6.99. The van der Waals surface area contributed by atoms with Gasteiger partial charge in [-0.25, -0.2) is 0 Å². The second-order valence-electron chi connectivity index (χ2n) is 5.07. The molecule has 0 aromatic heterocycles. The molecule has 1 rings (SSSR count). The van der Waals surface area contributed by atoms with Gasteiger partial charge in [0.2, 0.25) is 0 Å². The Bertz CT molecular complexity index is 412. The number of ether oxygens (including phenoxy) is 2. The zero-order valence-corrected chi connectivity index (χ0v) is 12.1. The molecular weight excluding hydrogens is 256 g/mol. The zero-order chi connectivity index (χ0) is 14.8. The molecule has 0 bridgehead atoms. The fraction of sp³-hybridized carbons (Fsp3) is 0.500. The van der Waals surface area contributed by atoms with E-state index < -0.39 is 0 Å². The summed E-state index contributed by atoms with van der Waals surface area (Å²) in [5, 5.41) is 0. The summed E-state index contributed by atoms with van der Waals surface area (Å²) in [6, 6.07) is 8.96. The molecule has 0 amide bonds. The van der Waals surface area contributed by atoms with E-state index in [0.29, 0.717) is 44.0 Å². The van der Waals surface area contributed by atoms with Crippen molar-refractivity contribution in [2.75, 3.05) is 6.61 Å². The van der Waals surface area contributed by atoms with Crippen molar-refractivity contribution in [3.05, 3.63) is 30.3 Å². The van der Waals surface area contributed by atoms with Gasteiger partial charge in [-0.15, -0.1) is 0 Å². The van der Waals surface area contributed by atoms with Crippen LogP contribution in [0.3, 0.4) is 0 Å². The van der Waals surface area contributed by atoms with Crippen molar-refractivity contribution < 1.29 is 19.1 Å². The van der Waals surface area contributed by atoms with Gasteiger partial charge in [-0.05, 0) is 30.9 Å². The quantitative estimate of drug-likeness (QED) is 0.416. The lowest BCUT2D eigenvalue weighted by atomic mass is 10.2. The molecule has 1 aromatic rings. The summed E-state index contributed by atoms with van der Waals surface area (Å²) in [6.45, 7) is 4.44. The topological polar surface area (TPSA) is 52.6 Å². The largest absolute Gasteiger partial charge is 0.465 e. The normalized spacial score (nSPS) is 10.3. The Morgan fingerprint density at radius 1 is 1.00 bits per heavy atom. The van der Waals surface area contributed by atoms with Gasteiger partial charge < -0.3 is 9.47 Å². The summed E-state index contributed by atoms with van der Waals surface area (Å²) >= 11 is 0. The predicted molar refractivity (Wildman–Crippen MR) is 76.3 cm³/mol. The van der Waals surface area contributed by atoms with Crippen LogP contribution in [0.5, 0.6) is 5.75 Å². The molecule has 1 aromatic carbocycles. The Balaban J connectivity index is 2.09. The molecule has 110 valence electrons. The van der Waals surface area contributed by atoms with E-state index in [1.807, 2.05) is 32.0 Å². The van der Waals surface area contributed by atoms with Crippen LogP contribution in [0.4, 0.5) is 0 Å². The lowest BCUT2D eigenvalue weighted by Gasteiger charge is -2.07. The van der Waals surface area contributed by atoms with Gasteiger partial charge in [-0.2, -0.15) is 0 Å². The minimum Gasteiger partial charge on any atom is -0.465 e. The number of para-hydroxylation sites is 1. The highest BCUT2D eigenvalue weighted by Gasteiger charge is 2.07. The molecular formula is C16H22O4. The van der Waals surface area contributed by atoms with Gasteiger partial charge in [0.25, 0.3) is 0 Å². The summed E-state index contributed by atoms with van der Waals surface area (Å²) in [4.78, 5) is 22.9. The van der Waals surface area contributed by atoms with E-state index >= 15 is 0 Å². The van der Waals surface area contributed by atoms with E-state index in [4.69, 9.17) is 9.47 Å². The van der Waals surface area contributed by atoms with Crippen LogP contribution in [0, 0.1) is 5.92 Å². The molecule has 0 fully saturated rings. The third-order valence-electron chi connectivity index (χ3n) is 2.56. The first-order chi connectivity index (χ1) is 9.58. The summed E-state index contributed by atoms with van der Waals surface area (Å²) in [5.41, 5.74) is 0. The van der Waals surface area contributed by atoms with Gasteiger partial charge in [0.05, 0.1) is 6.61 Å². The first-order valence-corrected chi connectivity index (χ1v) is 6.99. The number of carbonyl (C=O) groups excluding carboxylic acids is 2. The third kappa shape index (κ3) is 7.56. The molecule has 0 heterocycles. The maximum Gasteiger partial charge on any atom is 0.311 e. The average molecular weight is 278 g/mol. The monoisotopic (exact) mass is 278 g/mol. The molecule has 0 aliphatic rings. The molecule has 0 unspecified atom stereocenters. The summed E-state index contributed by atoms with van der Waals surface area (Å²) in [5.74, 6) is 0.426. The maximum atomic E-state index is 11.5. The van der Waals surface area contributed by atoms with E-state index in [1.54, 1.807) is 12.1 Å². The SMILES string of the molecule is CC(C)COC(=O)CCCCC(=O)Oc1ccccc1. The molecule has 4 nitrogen and oxygen atoms in total. The van der Waals surface area contributed by atoms with Crippen molar-refractivity contribution in [1.29, 1.82) is 0 Å². The van der Waals surface area contributed by atoms with Crippen LogP contribution in [0.15, 0.2) is 30.3 Å². The van der Waals surface area contributed by atoms with Crippen molar-refractivity contribution >= 4 is 11.9 Å². The van der Waals surface area contributed by atoms with Gasteiger partial charge in [-0.3, -0.25) is 9.59 Å². The number of carbonyl (C=O) groups is 2. The Kier molecular flexibility index (Phi) is 7.40. The zero-order valence-electron chi connectivity index (χ0n) is 12.1. The number of hydrogen-bond acceptors (Lipinski definition) is 4. The molecule has 0 saturated heterocycles. The summed E-state index contributed by atoms with van der Waals surface area (Å²) < 4.78 is 10.2. The van der Waals surface area contributed by atoms with Crippen LogP contribution in [-0.4, -0.2) is 18.5 Å². The Morgan fingerprint density at radius 3 is 2.20 bits per heavy atom. The van der Waals surface area contributed by atoms with Crippen molar-refractivity contribution in [2.24, 2.45) is 5.92 Å². The van der Waals surface area contributed by atoms with Crippen LogP contribution in [-0.2, 0) is 14.3 Å². The van der Waals surface area contributed by atoms with Crippen LogP contribution < -0.4 is 4.74 Å². The molecule has 0 aliphatic carbocycles. The van der Waals surface area contributed by atoms with E-state index in [9.17, 15) is 9.59 Å². The van der Waals surface area contributed by atoms with Crippen molar-refractivity contribution in [2.45, 2.75) is 39.5 Å². The number of hydrogen-bond donors (Lipinski definition) is 0. The summed E-state index contributed by atoms with van der Waals surface area (Å²) in [6.07, 6.45) is 1.93. The second kappa shape index (κ2) is 9.13. The van der Waals surface area contributed by atoms with Crippen LogP contribution in [0.25, 0.3) is 0 Å². The number of benzene rings is 1. The van der Waals surface area contributed by atoms with Crippen LogP contribution >= 0.6 is 0 Å². The molecule has 0 spiro atoms. The number of esters is 2. The second-order valence-corrected chi connectivity index (χ2v) is 5.07. The Hall–Kier alpha value is -1.84. The van der Waals surface area contributed by atoms with Gasteiger partial charge in [0.15, 0.2) is 0 Å². The van der Waals surface area contributed by atoms with E-state index in [2.05, 4.69) is 0 Å². The van der Waals surface area contributed by atoms with Gasteiger partial charge in [0, 0.05) is 12.8 Å². The third-order valence-corrected chi connectivity index (χ3v) is 2.56. The molecule has 4 heteroatoms.